The van der Waals surface area contributed by atoms with Crippen molar-refractivity contribution in [3.63, 3.8) is 0 Å². The van der Waals surface area contributed by atoms with Gasteiger partial charge in [0.25, 0.3) is 5.91 Å². The number of benzene rings is 2. The lowest BCUT2D eigenvalue weighted by Crippen LogP contribution is -2.19. The molecule has 2 aromatic carbocycles. The Morgan fingerprint density at radius 1 is 1.13 bits per heavy atom. The normalized spacial score (nSPS) is 17.7. The topological polar surface area (TPSA) is 41.5 Å². The lowest BCUT2D eigenvalue weighted by Gasteiger charge is -1.98. The molecule has 2 aromatic rings. The fourth-order valence-electron chi connectivity index (χ4n) is 2.11. The molecule has 3 rings (SSSR count). The van der Waals surface area contributed by atoms with Crippen LogP contribution >= 0.6 is 11.8 Å². The maximum Gasteiger partial charge on any atom is 0.264 e. The number of amides is 1. The van der Waals surface area contributed by atoms with Crippen LogP contribution in [-0.2, 0) is 11.2 Å². The van der Waals surface area contributed by atoms with Crippen LogP contribution in [0.3, 0.4) is 0 Å². The third kappa shape index (κ3) is 3.87. The number of rotatable bonds is 3. The van der Waals surface area contributed by atoms with E-state index in [1.807, 2.05) is 24.3 Å². The zero-order valence-corrected chi connectivity index (χ0v) is 13.4. The number of aliphatic imine (C=N–C) groups is 1. The monoisotopic (exact) mass is 326 g/mol. The molecule has 0 radical (unpaired) electrons. The molecular weight excluding hydrogens is 311 g/mol. The Morgan fingerprint density at radius 3 is 2.48 bits per heavy atom. The SMILES string of the molecule is CCc1ccc(N=C2NC(=O)/C(=C/c3ccc(F)cc3)S2)cc1. The first kappa shape index (κ1) is 15.5. The predicted octanol–water partition coefficient (Wildman–Crippen LogP) is 4.28. The summed E-state index contributed by atoms with van der Waals surface area (Å²) in [6, 6.07) is 13.9. The van der Waals surface area contributed by atoms with E-state index >= 15 is 0 Å². The van der Waals surface area contributed by atoms with Gasteiger partial charge in [-0.3, -0.25) is 4.79 Å². The molecule has 0 bridgehead atoms. The molecule has 116 valence electrons. The molecule has 1 saturated heterocycles. The maximum atomic E-state index is 12.9. The van der Waals surface area contributed by atoms with Crippen LogP contribution in [0, 0.1) is 5.82 Å². The number of hydrogen-bond donors (Lipinski definition) is 1. The minimum Gasteiger partial charge on any atom is -0.300 e. The highest BCUT2D eigenvalue weighted by Crippen LogP contribution is 2.28. The molecule has 0 aliphatic carbocycles. The van der Waals surface area contributed by atoms with Gasteiger partial charge in [-0.1, -0.05) is 31.2 Å². The molecule has 0 atom stereocenters. The third-order valence-electron chi connectivity index (χ3n) is 3.39. The first-order chi connectivity index (χ1) is 11.1. The fraction of sp³-hybridized carbons (Fsp3) is 0.111. The molecule has 1 aliphatic heterocycles. The van der Waals surface area contributed by atoms with Crippen LogP contribution in [0.1, 0.15) is 18.1 Å². The van der Waals surface area contributed by atoms with Crippen LogP contribution in [0.25, 0.3) is 6.08 Å². The Balaban J connectivity index is 1.78. The van der Waals surface area contributed by atoms with Crippen LogP contribution in [-0.4, -0.2) is 11.1 Å². The van der Waals surface area contributed by atoms with Crippen LogP contribution < -0.4 is 5.32 Å². The summed E-state index contributed by atoms with van der Waals surface area (Å²) >= 11 is 1.28. The number of carbonyl (C=O) groups excluding carboxylic acids is 1. The number of halogens is 1. The molecule has 1 N–H and O–H groups in total. The van der Waals surface area contributed by atoms with Gasteiger partial charge in [-0.25, -0.2) is 9.38 Å². The highest BCUT2D eigenvalue weighted by molar-refractivity contribution is 8.18. The maximum absolute atomic E-state index is 12.9. The van der Waals surface area contributed by atoms with Gasteiger partial charge >= 0.3 is 0 Å². The molecule has 5 heteroatoms. The van der Waals surface area contributed by atoms with Gasteiger partial charge in [-0.05, 0) is 59.7 Å². The molecule has 0 saturated carbocycles. The number of aryl methyl sites for hydroxylation is 1. The van der Waals surface area contributed by atoms with Gasteiger partial charge in [0.2, 0.25) is 0 Å². The predicted molar refractivity (Wildman–Crippen MR) is 93.0 cm³/mol. The van der Waals surface area contributed by atoms with Crippen molar-refractivity contribution in [1.82, 2.24) is 5.32 Å². The summed E-state index contributed by atoms with van der Waals surface area (Å²) in [4.78, 5) is 17.0. The summed E-state index contributed by atoms with van der Waals surface area (Å²) in [5.41, 5.74) is 2.82. The summed E-state index contributed by atoms with van der Waals surface area (Å²) in [7, 11) is 0. The third-order valence-corrected chi connectivity index (χ3v) is 4.30. The van der Waals surface area contributed by atoms with Gasteiger partial charge in [0.15, 0.2) is 5.17 Å². The number of nitrogens with zero attached hydrogens (tertiary/aromatic N) is 1. The quantitative estimate of drug-likeness (QED) is 0.855. The fourth-order valence-corrected chi connectivity index (χ4v) is 2.96. The second-order valence-corrected chi connectivity index (χ2v) is 6.08. The van der Waals surface area contributed by atoms with Crippen molar-refractivity contribution in [2.24, 2.45) is 4.99 Å². The standard InChI is InChI=1S/C18H15FN2OS/c1-2-12-5-9-15(10-6-12)20-18-21-17(22)16(23-18)11-13-3-7-14(19)8-4-13/h3-11H,2H2,1H3,(H,20,21,22)/b16-11-. The molecule has 1 aliphatic rings. The molecule has 1 fully saturated rings. The number of nitrogens with one attached hydrogen (secondary N) is 1. The van der Waals surface area contributed by atoms with Gasteiger partial charge in [0, 0.05) is 0 Å². The number of hydrogen-bond acceptors (Lipinski definition) is 3. The Bertz CT molecular complexity index is 780. The van der Waals surface area contributed by atoms with E-state index in [1.54, 1.807) is 18.2 Å². The van der Waals surface area contributed by atoms with Crippen LogP contribution in [0.5, 0.6) is 0 Å². The van der Waals surface area contributed by atoms with Crippen molar-refractivity contribution in [3.8, 4) is 0 Å². The number of thioether (sulfide) groups is 1. The summed E-state index contributed by atoms with van der Waals surface area (Å²) < 4.78 is 12.9. The van der Waals surface area contributed by atoms with E-state index in [2.05, 4.69) is 17.2 Å². The van der Waals surface area contributed by atoms with Crippen molar-refractivity contribution in [2.45, 2.75) is 13.3 Å². The summed E-state index contributed by atoms with van der Waals surface area (Å²) in [5, 5.41) is 3.29. The highest BCUT2D eigenvalue weighted by Gasteiger charge is 2.23. The molecular formula is C18H15FN2OS. The second kappa shape index (κ2) is 6.79. The minimum atomic E-state index is -0.298. The molecule has 3 nitrogen and oxygen atoms in total. The Kier molecular flexibility index (Phi) is 4.57. The van der Waals surface area contributed by atoms with Crippen molar-refractivity contribution in [3.05, 3.63) is 70.4 Å². The van der Waals surface area contributed by atoms with E-state index in [0.29, 0.717) is 10.1 Å². The van der Waals surface area contributed by atoms with Gasteiger partial charge in [0.05, 0.1) is 10.6 Å². The molecule has 1 heterocycles. The van der Waals surface area contributed by atoms with Crippen LogP contribution in [0.15, 0.2) is 58.4 Å². The van der Waals surface area contributed by atoms with E-state index in [-0.39, 0.29) is 11.7 Å². The Hall–Kier alpha value is -2.40. The van der Waals surface area contributed by atoms with Gasteiger partial charge in [-0.15, -0.1) is 0 Å². The van der Waals surface area contributed by atoms with E-state index in [0.717, 1.165) is 17.7 Å². The minimum absolute atomic E-state index is 0.191. The summed E-state index contributed by atoms with van der Waals surface area (Å²) in [5.74, 6) is -0.489. The van der Waals surface area contributed by atoms with Crippen molar-refractivity contribution in [1.29, 1.82) is 0 Å². The number of carbonyl (C=O) groups is 1. The Labute approximate surface area is 138 Å². The lowest BCUT2D eigenvalue weighted by molar-refractivity contribution is -0.115. The Morgan fingerprint density at radius 2 is 1.83 bits per heavy atom. The largest absolute Gasteiger partial charge is 0.300 e. The van der Waals surface area contributed by atoms with Gasteiger partial charge in [-0.2, -0.15) is 0 Å². The average Bonchev–Trinajstić information content (AvgIpc) is 2.90. The van der Waals surface area contributed by atoms with E-state index in [9.17, 15) is 9.18 Å². The first-order valence-electron chi connectivity index (χ1n) is 7.28. The second-order valence-electron chi connectivity index (χ2n) is 5.05. The van der Waals surface area contributed by atoms with Crippen LogP contribution in [0.4, 0.5) is 10.1 Å². The summed E-state index contributed by atoms with van der Waals surface area (Å²) in [6.45, 7) is 2.10. The van der Waals surface area contributed by atoms with Crippen molar-refractivity contribution in [2.75, 3.05) is 0 Å². The van der Waals surface area contributed by atoms with E-state index < -0.39 is 0 Å². The van der Waals surface area contributed by atoms with E-state index in [1.165, 1.54) is 29.5 Å². The first-order valence-corrected chi connectivity index (χ1v) is 8.10. The molecule has 23 heavy (non-hydrogen) atoms. The highest BCUT2D eigenvalue weighted by atomic mass is 32.2. The van der Waals surface area contributed by atoms with Crippen molar-refractivity contribution >= 4 is 34.6 Å². The summed E-state index contributed by atoms with van der Waals surface area (Å²) in [6.07, 6.45) is 2.70. The molecule has 1 amide bonds. The molecule has 0 spiro atoms. The average molecular weight is 326 g/mol. The van der Waals surface area contributed by atoms with Gasteiger partial charge in [0.1, 0.15) is 5.82 Å². The molecule has 0 unspecified atom stereocenters. The smallest absolute Gasteiger partial charge is 0.264 e. The zero-order chi connectivity index (χ0) is 16.2. The van der Waals surface area contributed by atoms with E-state index in [4.69, 9.17) is 0 Å². The lowest BCUT2D eigenvalue weighted by atomic mass is 10.2. The number of amidine groups is 1. The zero-order valence-electron chi connectivity index (χ0n) is 12.5. The van der Waals surface area contributed by atoms with Crippen LogP contribution in [0.2, 0.25) is 0 Å². The van der Waals surface area contributed by atoms with Gasteiger partial charge < -0.3 is 5.32 Å². The van der Waals surface area contributed by atoms with Crippen molar-refractivity contribution < 1.29 is 9.18 Å². The molecule has 0 aromatic heterocycles.